The van der Waals surface area contributed by atoms with Crippen LogP contribution in [0.5, 0.6) is 0 Å². The number of sulfonamides is 1. The van der Waals surface area contributed by atoms with Gasteiger partial charge in [0.2, 0.25) is 0 Å². The lowest BCUT2D eigenvalue weighted by Crippen LogP contribution is -2.36. The first-order chi connectivity index (χ1) is 16.5. The first kappa shape index (κ1) is 27.3. The molecule has 0 bridgehead atoms. The predicted octanol–water partition coefficient (Wildman–Crippen LogP) is 5.96. The van der Waals surface area contributed by atoms with Gasteiger partial charge in [-0.25, -0.2) is 18.0 Å². The molecule has 0 amide bonds. The molecule has 7 nitrogen and oxygen atoms in total. The Hall–Kier alpha value is -2.29. The SMILES string of the molecule is CC1CCC(C(C)C)C(OC(=O)COC(=O)c2ccc(Cl)c(S(=O)(=O)Nc3ccccc3Cl)c2)C1. The third kappa shape index (κ3) is 7.12. The van der Waals surface area contributed by atoms with Crippen LogP contribution in [-0.2, 0) is 24.3 Å². The molecule has 2 aromatic carbocycles. The van der Waals surface area contributed by atoms with E-state index in [1.807, 2.05) is 0 Å². The Morgan fingerprint density at radius 1 is 1.09 bits per heavy atom. The van der Waals surface area contributed by atoms with E-state index in [1.165, 1.54) is 24.3 Å². The summed E-state index contributed by atoms with van der Waals surface area (Å²) in [5, 5.41) is 0.111. The topological polar surface area (TPSA) is 98.8 Å². The zero-order valence-electron chi connectivity index (χ0n) is 19.8. The number of benzene rings is 2. The number of anilines is 1. The summed E-state index contributed by atoms with van der Waals surface area (Å²) in [6.45, 7) is 5.77. The number of ether oxygens (including phenoxy) is 2. The number of carbonyl (C=O) groups is 2. The summed E-state index contributed by atoms with van der Waals surface area (Å²) in [7, 11) is -4.16. The number of para-hydroxylation sites is 1. The van der Waals surface area contributed by atoms with Crippen LogP contribution in [0.25, 0.3) is 0 Å². The summed E-state index contributed by atoms with van der Waals surface area (Å²) in [6.07, 6.45) is 2.65. The number of esters is 2. The second-order valence-electron chi connectivity index (χ2n) is 9.16. The van der Waals surface area contributed by atoms with E-state index >= 15 is 0 Å². The van der Waals surface area contributed by atoms with Crippen molar-refractivity contribution < 1.29 is 27.5 Å². The van der Waals surface area contributed by atoms with Crippen molar-refractivity contribution in [1.29, 1.82) is 0 Å². The minimum absolute atomic E-state index is 0.0759. The molecule has 3 rings (SSSR count). The van der Waals surface area contributed by atoms with Gasteiger partial charge in [0.05, 0.1) is 21.3 Å². The Morgan fingerprint density at radius 3 is 2.49 bits per heavy atom. The molecule has 2 aromatic rings. The normalized spacial score (nSPS) is 20.3. The van der Waals surface area contributed by atoms with Crippen molar-refractivity contribution in [3.05, 3.63) is 58.1 Å². The summed E-state index contributed by atoms with van der Waals surface area (Å²) in [5.74, 6) is -0.410. The predicted molar refractivity (Wildman–Crippen MR) is 135 cm³/mol. The highest BCUT2D eigenvalue weighted by Crippen LogP contribution is 2.35. The van der Waals surface area contributed by atoms with Crippen molar-refractivity contribution in [1.82, 2.24) is 0 Å². The average molecular weight is 542 g/mol. The van der Waals surface area contributed by atoms with Crippen molar-refractivity contribution in [3.63, 3.8) is 0 Å². The molecule has 0 saturated heterocycles. The van der Waals surface area contributed by atoms with E-state index in [-0.39, 0.29) is 38.2 Å². The van der Waals surface area contributed by atoms with E-state index < -0.39 is 28.6 Å². The highest BCUT2D eigenvalue weighted by Gasteiger charge is 2.33. The molecule has 3 atom stereocenters. The number of rotatable bonds is 8. The molecule has 1 N–H and O–H groups in total. The molecule has 1 aliphatic rings. The zero-order chi connectivity index (χ0) is 25.8. The summed E-state index contributed by atoms with van der Waals surface area (Å²) >= 11 is 12.1. The summed E-state index contributed by atoms with van der Waals surface area (Å²) < 4.78 is 38.8. The first-order valence-electron chi connectivity index (χ1n) is 11.4. The molecule has 0 heterocycles. The molecule has 1 aliphatic carbocycles. The molecule has 1 saturated carbocycles. The van der Waals surface area contributed by atoms with E-state index in [9.17, 15) is 18.0 Å². The Balaban J connectivity index is 1.66. The van der Waals surface area contributed by atoms with Crippen molar-refractivity contribution in [2.45, 2.75) is 51.0 Å². The molecule has 190 valence electrons. The third-order valence-corrected chi connectivity index (χ3v) is 8.32. The van der Waals surface area contributed by atoms with Crippen molar-refractivity contribution >= 4 is 50.9 Å². The molecule has 0 radical (unpaired) electrons. The lowest BCUT2D eigenvalue weighted by atomic mass is 9.75. The van der Waals surface area contributed by atoms with E-state index in [2.05, 4.69) is 25.5 Å². The van der Waals surface area contributed by atoms with Gasteiger partial charge in [-0.2, -0.15) is 0 Å². The molecule has 1 fully saturated rings. The van der Waals surface area contributed by atoms with Crippen LogP contribution in [0.1, 0.15) is 50.4 Å². The number of nitrogens with one attached hydrogen (secondary N) is 1. The van der Waals surface area contributed by atoms with E-state index in [0.717, 1.165) is 25.3 Å². The largest absolute Gasteiger partial charge is 0.460 e. The molecular formula is C25H29Cl2NO6S. The Kier molecular flexibility index (Phi) is 9.07. The maximum absolute atomic E-state index is 12.9. The molecule has 0 aromatic heterocycles. The summed E-state index contributed by atoms with van der Waals surface area (Å²) in [5.41, 5.74) is 0.0887. The van der Waals surface area contributed by atoms with E-state index in [0.29, 0.717) is 11.8 Å². The summed E-state index contributed by atoms with van der Waals surface area (Å²) in [4.78, 5) is 24.6. The van der Waals surface area contributed by atoms with Crippen molar-refractivity contribution in [2.75, 3.05) is 11.3 Å². The first-order valence-corrected chi connectivity index (χ1v) is 13.7. The Labute approximate surface area is 216 Å². The Bertz CT molecular complexity index is 1180. The molecule has 3 unspecified atom stereocenters. The standard InChI is InChI=1S/C25H29Cl2NO6S/c1-15(2)18-10-8-16(3)12-22(18)34-24(29)14-33-25(30)17-9-11-20(27)23(13-17)35(31,32)28-21-7-5-4-6-19(21)26/h4-7,9,11,13,15-16,18,22,28H,8,10,12,14H2,1-3H3. The number of halogens is 2. The van der Waals surface area contributed by atoms with Crippen LogP contribution < -0.4 is 4.72 Å². The van der Waals surface area contributed by atoms with Gasteiger partial charge in [0, 0.05) is 0 Å². The lowest BCUT2D eigenvalue weighted by Gasteiger charge is -2.36. The van der Waals surface area contributed by atoms with Crippen LogP contribution in [0.4, 0.5) is 5.69 Å². The van der Waals surface area contributed by atoms with Crippen LogP contribution in [0.3, 0.4) is 0 Å². The van der Waals surface area contributed by atoms with E-state index in [1.54, 1.807) is 12.1 Å². The monoisotopic (exact) mass is 541 g/mol. The van der Waals surface area contributed by atoms with Crippen molar-refractivity contribution in [2.24, 2.45) is 17.8 Å². The fraction of sp³-hybridized carbons (Fsp3) is 0.440. The molecular weight excluding hydrogens is 513 g/mol. The van der Waals surface area contributed by atoms with Gasteiger partial charge in [-0.05, 0) is 60.9 Å². The Morgan fingerprint density at radius 2 is 1.80 bits per heavy atom. The molecule has 10 heteroatoms. The maximum Gasteiger partial charge on any atom is 0.344 e. The lowest BCUT2D eigenvalue weighted by molar-refractivity contribution is -0.159. The maximum atomic E-state index is 12.9. The third-order valence-electron chi connectivity index (χ3n) is 6.14. The van der Waals surface area contributed by atoms with Gasteiger partial charge >= 0.3 is 11.9 Å². The van der Waals surface area contributed by atoms with Crippen LogP contribution in [0, 0.1) is 17.8 Å². The highest BCUT2D eigenvalue weighted by molar-refractivity contribution is 7.92. The summed E-state index contributed by atoms with van der Waals surface area (Å²) in [6, 6.07) is 9.99. The molecule has 0 aliphatic heterocycles. The number of carbonyl (C=O) groups excluding carboxylic acids is 2. The van der Waals surface area contributed by atoms with Gasteiger partial charge in [-0.1, -0.05) is 62.5 Å². The fourth-order valence-electron chi connectivity index (χ4n) is 4.24. The van der Waals surface area contributed by atoms with Crippen LogP contribution >= 0.6 is 23.2 Å². The quantitative estimate of drug-likeness (QED) is 0.414. The van der Waals surface area contributed by atoms with Crippen LogP contribution in [0.2, 0.25) is 10.0 Å². The fourth-order valence-corrected chi connectivity index (χ4v) is 6.09. The average Bonchev–Trinajstić information content (AvgIpc) is 2.79. The van der Waals surface area contributed by atoms with Crippen LogP contribution in [-0.4, -0.2) is 33.1 Å². The second kappa shape index (κ2) is 11.6. The molecule has 35 heavy (non-hydrogen) atoms. The van der Waals surface area contributed by atoms with Gasteiger partial charge in [-0.15, -0.1) is 0 Å². The van der Waals surface area contributed by atoms with Gasteiger partial charge < -0.3 is 9.47 Å². The smallest absolute Gasteiger partial charge is 0.344 e. The zero-order valence-corrected chi connectivity index (χ0v) is 22.1. The number of hydrogen-bond donors (Lipinski definition) is 1. The number of hydrogen-bond acceptors (Lipinski definition) is 6. The van der Waals surface area contributed by atoms with Gasteiger partial charge in [-0.3, -0.25) is 4.72 Å². The van der Waals surface area contributed by atoms with E-state index in [4.69, 9.17) is 32.7 Å². The van der Waals surface area contributed by atoms with Crippen LogP contribution in [0.15, 0.2) is 47.4 Å². The minimum atomic E-state index is -4.16. The van der Waals surface area contributed by atoms with Gasteiger partial charge in [0.1, 0.15) is 11.0 Å². The minimum Gasteiger partial charge on any atom is -0.460 e. The van der Waals surface area contributed by atoms with Gasteiger partial charge in [0.15, 0.2) is 6.61 Å². The van der Waals surface area contributed by atoms with Gasteiger partial charge in [0.25, 0.3) is 10.0 Å². The van der Waals surface area contributed by atoms with Crippen molar-refractivity contribution in [3.8, 4) is 0 Å². The highest BCUT2D eigenvalue weighted by atomic mass is 35.5. The molecule has 0 spiro atoms. The second-order valence-corrected chi connectivity index (χ2v) is 11.6.